The largest absolute Gasteiger partial charge is 0.378 e. The van der Waals surface area contributed by atoms with Crippen LogP contribution in [0.1, 0.15) is 0 Å². The Kier molecular flexibility index (Phi) is 5.01. The number of carbonyl (C=O) groups excluding carboxylic acids is 1. The van der Waals surface area contributed by atoms with E-state index in [1.807, 2.05) is 32.3 Å². The van der Waals surface area contributed by atoms with Gasteiger partial charge in [-0.05, 0) is 35.4 Å². The molecule has 1 saturated heterocycles. The molecule has 5 nitrogen and oxygen atoms in total. The number of carbonyl (C=O) groups is 1. The summed E-state index contributed by atoms with van der Waals surface area (Å²) in [6.07, 6.45) is 0. The van der Waals surface area contributed by atoms with E-state index in [0.717, 1.165) is 22.5 Å². The molecule has 2 aromatic rings. The molecule has 0 aromatic heterocycles. The Morgan fingerprint density at radius 2 is 1.75 bits per heavy atom. The number of morpholine rings is 1. The Hall–Kier alpha value is -2.53. The second-order valence-electron chi connectivity index (χ2n) is 6.05. The SMILES string of the molecule is CN(C)c1ccc(-c2cccc(NC(=O)N3CCOCC3)c2)cc1. The number of anilines is 2. The van der Waals surface area contributed by atoms with Crippen LogP contribution in [0.15, 0.2) is 48.5 Å². The molecule has 2 aromatic carbocycles. The Balaban J connectivity index is 1.72. The van der Waals surface area contributed by atoms with E-state index in [9.17, 15) is 4.79 Å². The third kappa shape index (κ3) is 3.86. The van der Waals surface area contributed by atoms with E-state index >= 15 is 0 Å². The molecule has 2 amide bonds. The molecule has 0 atom stereocenters. The number of rotatable bonds is 3. The molecule has 1 N–H and O–H groups in total. The van der Waals surface area contributed by atoms with Gasteiger partial charge in [-0.25, -0.2) is 4.79 Å². The molecule has 126 valence electrons. The Bertz CT molecular complexity index is 692. The van der Waals surface area contributed by atoms with Crippen molar-refractivity contribution in [3.05, 3.63) is 48.5 Å². The summed E-state index contributed by atoms with van der Waals surface area (Å²) in [5, 5.41) is 2.97. The minimum atomic E-state index is -0.0709. The van der Waals surface area contributed by atoms with E-state index in [1.54, 1.807) is 4.90 Å². The quantitative estimate of drug-likeness (QED) is 0.942. The Morgan fingerprint density at radius 1 is 1.04 bits per heavy atom. The van der Waals surface area contributed by atoms with E-state index in [-0.39, 0.29) is 6.03 Å². The molecule has 1 aliphatic heterocycles. The van der Waals surface area contributed by atoms with Crippen LogP contribution in [0.4, 0.5) is 16.2 Å². The lowest BCUT2D eigenvalue weighted by Crippen LogP contribution is -2.43. The minimum Gasteiger partial charge on any atom is -0.378 e. The fourth-order valence-corrected chi connectivity index (χ4v) is 2.70. The number of nitrogens with zero attached hydrogens (tertiary/aromatic N) is 2. The lowest BCUT2D eigenvalue weighted by molar-refractivity contribution is 0.0564. The van der Waals surface area contributed by atoms with Gasteiger partial charge in [0, 0.05) is 38.6 Å². The van der Waals surface area contributed by atoms with Crippen LogP contribution in [0.5, 0.6) is 0 Å². The molecule has 0 saturated carbocycles. The number of nitrogens with one attached hydrogen (secondary N) is 1. The van der Waals surface area contributed by atoms with Gasteiger partial charge >= 0.3 is 6.03 Å². The first-order valence-electron chi connectivity index (χ1n) is 8.15. The third-order valence-electron chi connectivity index (χ3n) is 4.13. The molecule has 0 unspecified atom stereocenters. The van der Waals surface area contributed by atoms with Crippen LogP contribution in [-0.2, 0) is 4.74 Å². The van der Waals surface area contributed by atoms with Crippen LogP contribution in [0.2, 0.25) is 0 Å². The molecule has 24 heavy (non-hydrogen) atoms. The molecule has 0 spiro atoms. The van der Waals surface area contributed by atoms with Gasteiger partial charge in [0.15, 0.2) is 0 Å². The van der Waals surface area contributed by atoms with Crippen LogP contribution in [0.3, 0.4) is 0 Å². The van der Waals surface area contributed by atoms with Crippen molar-refractivity contribution in [2.24, 2.45) is 0 Å². The van der Waals surface area contributed by atoms with Gasteiger partial charge in [0.05, 0.1) is 13.2 Å². The molecule has 1 aliphatic rings. The molecule has 3 rings (SSSR count). The number of benzene rings is 2. The van der Waals surface area contributed by atoms with E-state index in [1.165, 1.54) is 0 Å². The topological polar surface area (TPSA) is 44.8 Å². The maximum absolute atomic E-state index is 12.3. The average molecular weight is 325 g/mol. The zero-order valence-electron chi connectivity index (χ0n) is 14.2. The molecule has 0 radical (unpaired) electrons. The third-order valence-corrected chi connectivity index (χ3v) is 4.13. The van der Waals surface area contributed by atoms with Crippen molar-refractivity contribution < 1.29 is 9.53 Å². The van der Waals surface area contributed by atoms with E-state index in [0.29, 0.717) is 26.3 Å². The van der Waals surface area contributed by atoms with Crippen LogP contribution >= 0.6 is 0 Å². The summed E-state index contributed by atoms with van der Waals surface area (Å²) < 4.78 is 5.28. The Morgan fingerprint density at radius 3 is 2.42 bits per heavy atom. The lowest BCUT2D eigenvalue weighted by atomic mass is 10.0. The molecule has 0 bridgehead atoms. The first-order valence-corrected chi connectivity index (χ1v) is 8.15. The molecule has 1 heterocycles. The van der Waals surface area contributed by atoms with Crippen LogP contribution in [-0.4, -0.2) is 51.3 Å². The summed E-state index contributed by atoms with van der Waals surface area (Å²) in [4.78, 5) is 16.1. The average Bonchev–Trinajstić information content (AvgIpc) is 2.63. The van der Waals surface area contributed by atoms with Crippen molar-refractivity contribution in [1.82, 2.24) is 4.90 Å². The summed E-state index contributed by atoms with van der Waals surface area (Å²) >= 11 is 0. The van der Waals surface area contributed by atoms with Crippen molar-refractivity contribution in [2.75, 3.05) is 50.6 Å². The van der Waals surface area contributed by atoms with Gasteiger partial charge in [-0.2, -0.15) is 0 Å². The van der Waals surface area contributed by atoms with Gasteiger partial charge in [0.25, 0.3) is 0 Å². The normalized spacial score (nSPS) is 14.3. The fraction of sp³-hybridized carbons (Fsp3) is 0.316. The van der Waals surface area contributed by atoms with Crippen molar-refractivity contribution in [2.45, 2.75) is 0 Å². The smallest absolute Gasteiger partial charge is 0.321 e. The van der Waals surface area contributed by atoms with E-state index < -0.39 is 0 Å². The zero-order valence-corrected chi connectivity index (χ0v) is 14.2. The molecular weight excluding hydrogens is 302 g/mol. The van der Waals surface area contributed by atoms with E-state index in [2.05, 4.69) is 40.5 Å². The van der Waals surface area contributed by atoms with Gasteiger partial charge in [-0.3, -0.25) is 0 Å². The van der Waals surface area contributed by atoms with Gasteiger partial charge in [0.1, 0.15) is 0 Å². The summed E-state index contributed by atoms with van der Waals surface area (Å²) in [5.74, 6) is 0. The van der Waals surface area contributed by atoms with Crippen molar-refractivity contribution in [3.63, 3.8) is 0 Å². The Labute approximate surface area is 142 Å². The molecule has 0 aliphatic carbocycles. The van der Waals surface area contributed by atoms with Gasteiger partial charge in [-0.1, -0.05) is 24.3 Å². The summed E-state index contributed by atoms with van der Waals surface area (Å²) in [6, 6.07) is 16.2. The van der Waals surface area contributed by atoms with Crippen molar-refractivity contribution >= 4 is 17.4 Å². The minimum absolute atomic E-state index is 0.0709. The monoisotopic (exact) mass is 325 g/mol. The maximum atomic E-state index is 12.3. The van der Waals surface area contributed by atoms with Gasteiger partial charge in [-0.15, -0.1) is 0 Å². The molecule has 1 fully saturated rings. The summed E-state index contributed by atoms with van der Waals surface area (Å²) in [5.41, 5.74) is 4.18. The summed E-state index contributed by atoms with van der Waals surface area (Å²) in [7, 11) is 4.05. The predicted octanol–water partition coefficient (Wildman–Crippen LogP) is 3.28. The van der Waals surface area contributed by atoms with Crippen LogP contribution in [0.25, 0.3) is 11.1 Å². The highest BCUT2D eigenvalue weighted by molar-refractivity contribution is 5.90. The maximum Gasteiger partial charge on any atom is 0.321 e. The predicted molar refractivity (Wildman–Crippen MR) is 97.6 cm³/mol. The number of amides is 2. The molecule has 5 heteroatoms. The number of urea groups is 1. The van der Waals surface area contributed by atoms with Crippen molar-refractivity contribution in [3.8, 4) is 11.1 Å². The highest BCUT2D eigenvalue weighted by Crippen LogP contribution is 2.25. The first kappa shape index (κ1) is 16.3. The van der Waals surface area contributed by atoms with Crippen molar-refractivity contribution in [1.29, 1.82) is 0 Å². The number of hydrogen-bond acceptors (Lipinski definition) is 3. The van der Waals surface area contributed by atoms with E-state index in [4.69, 9.17) is 4.74 Å². The first-order chi connectivity index (χ1) is 11.6. The van der Waals surface area contributed by atoms with Gasteiger partial charge in [0.2, 0.25) is 0 Å². The van der Waals surface area contributed by atoms with Crippen LogP contribution in [0, 0.1) is 0 Å². The second-order valence-corrected chi connectivity index (χ2v) is 6.05. The number of ether oxygens (including phenoxy) is 1. The highest BCUT2D eigenvalue weighted by Gasteiger charge is 2.16. The zero-order chi connectivity index (χ0) is 16.9. The second kappa shape index (κ2) is 7.36. The fourth-order valence-electron chi connectivity index (χ4n) is 2.70. The van der Waals surface area contributed by atoms with Crippen LogP contribution < -0.4 is 10.2 Å². The van der Waals surface area contributed by atoms with Gasteiger partial charge < -0.3 is 19.9 Å². The number of hydrogen-bond donors (Lipinski definition) is 1. The standard InChI is InChI=1S/C19H23N3O2/c1-21(2)18-8-6-15(7-9-18)16-4-3-5-17(14-16)20-19(23)22-10-12-24-13-11-22/h3-9,14H,10-13H2,1-2H3,(H,20,23). The highest BCUT2D eigenvalue weighted by atomic mass is 16.5. The lowest BCUT2D eigenvalue weighted by Gasteiger charge is -2.27. The molecular formula is C19H23N3O2. The summed E-state index contributed by atoms with van der Waals surface area (Å²) in [6.45, 7) is 2.48.